The summed E-state index contributed by atoms with van der Waals surface area (Å²) < 4.78 is 67.8. The van der Waals surface area contributed by atoms with E-state index in [0.717, 1.165) is 6.07 Å². The van der Waals surface area contributed by atoms with Gasteiger partial charge in [-0.2, -0.15) is 0 Å². The molecule has 6 rings (SSSR count). The number of nitrogens with one attached hydrogen (secondary N) is 7. The lowest BCUT2D eigenvalue weighted by atomic mass is 9.67. The first-order valence-electron chi connectivity index (χ1n) is 42.8. The van der Waals surface area contributed by atoms with Gasteiger partial charge in [-0.1, -0.05) is 34.6 Å². The standard InChI is InChI=1S/C82H134N8O36/c1-8-81(6)42-90(43-82(81,7)44-95)63(103)18-17-62(102)85-37-53(99)35-49-33-50(36-51(34-49)75(113)89-55(76(114)84-20-24-118-27-30-120-78-46(3)67(105)69(107)58(39-92)124-78)14-13-52(98)11-9-21-115-25-29-119-77-45(2)66(104)68(106)57(38-91)123-77)74(112)88-54(56(100)12-10-22-116-26-31-121-79-64(86-47(4)96)72(110)70(108)59(40-93)125-79)15-16-61(101)83-19-23-117-28-32-122-80-65(87-48(5)97)73(111)71(109)60(41-94)126-80/h33-34,36,45-46,54-55,57-60,64-73,77-80,91-95,104-111H,8-32,35,37-44H2,1-7H3,(H,83,101)(H,84,114)(H,85,102)(H,86,96)(H,87,97)(H,88,112)(H,89,113)/t45-,46-,54-,55-,57-,58-,59-,60-,64-,65-,66-,67-,68+,69+,70+,71+,72-,73-,77?,78?,79?,80?,81+,82+/m1/s1. The van der Waals surface area contributed by atoms with Crippen LogP contribution in [0.2, 0.25) is 0 Å². The van der Waals surface area contributed by atoms with Crippen LogP contribution in [0.15, 0.2) is 18.2 Å². The highest BCUT2D eigenvalue weighted by Gasteiger charge is 2.53. The van der Waals surface area contributed by atoms with E-state index in [2.05, 4.69) is 37.2 Å². The minimum Gasteiger partial charge on any atom is -0.396 e. The summed E-state index contributed by atoms with van der Waals surface area (Å²) in [7, 11) is 0. The van der Waals surface area contributed by atoms with Crippen molar-refractivity contribution >= 4 is 64.6 Å². The van der Waals surface area contributed by atoms with E-state index >= 15 is 0 Å². The average Bonchev–Trinajstić information content (AvgIpc) is 1.61. The number of ether oxygens (including phenoxy) is 12. The maximum atomic E-state index is 14.9. The minimum absolute atomic E-state index is 0.00379. The van der Waals surface area contributed by atoms with Gasteiger partial charge >= 0.3 is 0 Å². The Morgan fingerprint density at radius 1 is 0.452 bits per heavy atom. The van der Waals surface area contributed by atoms with Crippen molar-refractivity contribution in [3.8, 4) is 0 Å². The predicted molar refractivity (Wildman–Crippen MR) is 435 cm³/mol. The maximum Gasteiger partial charge on any atom is 0.251 e. The maximum absolute atomic E-state index is 14.9. The largest absolute Gasteiger partial charge is 0.396 e. The molecule has 0 bridgehead atoms. The average molecular weight is 1810 g/mol. The number of carbonyl (C=O) groups excluding carboxylic acids is 11. The van der Waals surface area contributed by atoms with Crippen molar-refractivity contribution < 1.29 is 176 Å². The van der Waals surface area contributed by atoms with Crippen molar-refractivity contribution in [3.63, 3.8) is 0 Å². The van der Waals surface area contributed by atoms with Crippen molar-refractivity contribution in [2.45, 2.75) is 248 Å². The minimum atomic E-state index is -1.59. The van der Waals surface area contributed by atoms with Gasteiger partial charge < -0.3 is 165 Å². The van der Waals surface area contributed by atoms with E-state index in [-0.39, 0.29) is 192 Å². The molecule has 5 fully saturated rings. The van der Waals surface area contributed by atoms with Gasteiger partial charge in [-0.05, 0) is 61.3 Å². The Morgan fingerprint density at radius 2 is 0.865 bits per heavy atom. The summed E-state index contributed by atoms with van der Waals surface area (Å²) in [6.45, 7) is 7.32. The molecule has 44 heteroatoms. The number of Topliss-reactive ketones (excluding diaryl/α,β-unsaturated/α-hetero) is 3. The van der Waals surface area contributed by atoms with Gasteiger partial charge in [0, 0.05) is 127 Å². The first kappa shape index (κ1) is 108. The van der Waals surface area contributed by atoms with Gasteiger partial charge in [0.1, 0.15) is 84.9 Å². The van der Waals surface area contributed by atoms with Crippen LogP contribution < -0.4 is 37.2 Å². The molecule has 5 saturated heterocycles. The van der Waals surface area contributed by atoms with Crippen LogP contribution in [0.1, 0.15) is 145 Å². The second-order valence-electron chi connectivity index (χ2n) is 32.7. The van der Waals surface area contributed by atoms with Crippen molar-refractivity contribution in [1.29, 1.82) is 0 Å². The zero-order valence-electron chi connectivity index (χ0n) is 72.6. The zero-order valence-corrected chi connectivity index (χ0v) is 72.6. The Labute approximate surface area is 730 Å². The Morgan fingerprint density at radius 3 is 1.32 bits per heavy atom. The molecular weight excluding hydrogens is 1670 g/mol. The van der Waals surface area contributed by atoms with Gasteiger partial charge in [-0.3, -0.25) is 52.7 Å². The van der Waals surface area contributed by atoms with Crippen molar-refractivity contribution in [2.24, 2.45) is 22.7 Å². The van der Waals surface area contributed by atoms with Crippen LogP contribution in [0.25, 0.3) is 0 Å². The second-order valence-corrected chi connectivity index (χ2v) is 32.7. The number of benzene rings is 1. The fourth-order valence-corrected chi connectivity index (χ4v) is 15.0. The molecule has 0 saturated carbocycles. The molecule has 4 unspecified atom stereocenters. The lowest BCUT2D eigenvalue weighted by Crippen LogP contribution is -2.64. The van der Waals surface area contributed by atoms with E-state index in [0.29, 0.717) is 13.0 Å². The highest BCUT2D eigenvalue weighted by molar-refractivity contribution is 6.03. The number of nitrogens with zero attached hydrogens (tertiary/aromatic N) is 1. The summed E-state index contributed by atoms with van der Waals surface area (Å²) in [6, 6.07) is -1.85. The lowest BCUT2D eigenvalue weighted by molar-refractivity contribution is -0.284. The molecule has 44 nitrogen and oxygen atoms in total. The van der Waals surface area contributed by atoms with E-state index in [1.165, 1.54) is 26.0 Å². The van der Waals surface area contributed by atoms with Gasteiger partial charge in [0.25, 0.3) is 11.8 Å². The third kappa shape index (κ3) is 33.1. The fourth-order valence-electron chi connectivity index (χ4n) is 15.0. The topological polar surface area (TPSA) is 649 Å². The summed E-state index contributed by atoms with van der Waals surface area (Å²) in [6.07, 6.45) is -22.7. The molecule has 5 heterocycles. The van der Waals surface area contributed by atoms with Gasteiger partial charge in [0.15, 0.2) is 36.7 Å². The number of likely N-dealkylation sites (tertiary alicyclic amines) is 1. The monoisotopic (exact) mass is 1810 g/mol. The molecule has 0 spiro atoms. The lowest BCUT2D eigenvalue weighted by Gasteiger charge is -2.42. The molecule has 5 aliphatic rings. The van der Waals surface area contributed by atoms with E-state index in [1.54, 1.807) is 18.7 Å². The van der Waals surface area contributed by atoms with Gasteiger partial charge in [-0.15, -0.1) is 0 Å². The quantitative estimate of drug-likeness (QED) is 0.0270. The Kier molecular flexibility index (Phi) is 46.7. The molecule has 0 aromatic heterocycles. The van der Waals surface area contributed by atoms with Crippen molar-refractivity contribution in [2.75, 3.05) is 145 Å². The Balaban J connectivity index is 1.20. The molecule has 24 atom stereocenters. The highest BCUT2D eigenvalue weighted by atomic mass is 16.7. The number of aliphatic hydroxyl groups excluding tert-OH is 13. The number of carbonyl (C=O) groups is 11. The van der Waals surface area contributed by atoms with Crippen LogP contribution in [0.3, 0.4) is 0 Å². The molecule has 0 radical (unpaired) electrons. The molecule has 1 aromatic rings. The third-order valence-electron chi connectivity index (χ3n) is 23.2. The Hall–Kier alpha value is -7.01. The van der Waals surface area contributed by atoms with Crippen molar-refractivity contribution in [3.05, 3.63) is 34.9 Å². The van der Waals surface area contributed by atoms with E-state index in [9.17, 15) is 119 Å². The fraction of sp³-hybridized carbons (Fsp3) is 0.793. The molecule has 5 aliphatic heterocycles. The number of amides is 8. The van der Waals surface area contributed by atoms with Crippen molar-refractivity contribution in [1.82, 2.24) is 42.1 Å². The molecule has 126 heavy (non-hydrogen) atoms. The molecule has 8 amide bonds. The normalized spacial score (nSPS) is 29.6. The zero-order chi connectivity index (χ0) is 93.0. The number of ketones is 3. The number of rotatable bonds is 57. The van der Waals surface area contributed by atoms with E-state index in [1.807, 2.05) is 20.8 Å². The summed E-state index contributed by atoms with van der Waals surface area (Å²) in [5.41, 5.74) is -1.66. The number of hydrogen-bond acceptors (Lipinski definition) is 36. The number of aliphatic hydroxyl groups is 13. The summed E-state index contributed by atoms with van der Waals surface area (Å²) in [4.78, 5) is 152. The highest BCUT2D eigenvalue weighted by Crippen LogP contribution is 2.48. The first-order valence-corrected chi connectivity index (χ1v) is 42.8. The molecule has 718 valence electrons. The van der Waals surface area contributed by atoms with Gasteiger partial charge in [0.05, 0.1) is 124 Å². The van der Waals surface area contributed by atoms with Crippen LogP contribution in [-0.2, 0) is 106 Å². The van der Waals surface area contributed by atoms with Gasteiger partial charge in [-0.25, -0.2) is 0 Å². The molecule has 0 aliphatic carbocycles. The van der Waals surface area contributed by atoms with Gasteiger partial charge in [0.2, 0.25) is 35.4 Å². The SMILES string of the molecule is CC[C@@]1(C)CN(C(=O)CCC(=O)NCC(=O)Cc2cc(C(=O)N[C@H](CCC(=O)NCCOCCOC3O[C@H](CO)[C@H](O)[C@H](O)[C@H]3NC(C)=O)C(=O)CCCOCCOC3O[C@H](CO)[C@H](O)[C@H](O)[C@H]3NC(C)=O)cc(C(=O)N[C@H](CCC(=O)CCCOCCOC3O[C@H](CO)[C@H](O)[C@H](O)[C@H]3C)C(=O)NCCOCCOC3O[C@H](CO)[C@H](O)[C@H](O)[C@H]3C)c2)C[C@@]1(C)CO. The molecule has 1 aromatic carbocycles. The second kappa shape index (κ2) is 54.6. The van der Waals surface area contributed by atoms with E-state index in [4.69, 9.17) is 56.8 Å². The van der Waals surface area contributed by atoms with Crippen LogP contribution in [-0.4, -0.2) is 404 Å². The van der Waals surface area contributed by atoms with Crippen LogP contribution in [0.4, 0.5) is 0 Å². The summed E-state index contributed by atoms with van der Waals surface area (Å²) >= 11 is 0. The summed E-state index contributed by atoms with van der Waals surface area (Å²) in [5.74, 6) is -8.59. The number of hydrogen-bond donors (Lipinski definition) is 20. The Bertz CT molecular complexity index is 3580. The summed E-state index contributed by atoms with van der Waals surface area (Å²) in [5, 5.41) is 151. The van der Waals surface area contributed by atoms with Crippen LogP contribution >= 0.6 is 0 Å². The first-order chi connectivity index (χ1) is 60.0. The predicted octanol–water partition coefficient (Wildman–Crippen LogP) is -7.19. The molecular formula is C82H134N8O36. The van der Waals surface area contributed by atoms with E-state index < -0.39 is 244 Å². The smallest absolute Gasteiger partial charge is 0.251 e. The molecule has 20 N–H and O–H groups in total. The van der Waals surface area contributed by atoms with Crippen LogP contribution in [0.5, 0.6) is 0 Å². The van der Waals surface area contributed by atoms with Crippen LogP contribution in [0, 0.1) is 22.7 Å². The third-order valence-corrected chi connectivity index (χ3v) is 23.2.